The molecule has 2 aromatic heterocycles. The highest BCUT2D eigenvalue weighted by molar-refractivity contribution is 7.99. The molecule has 0 bridgehead atoms. The zero-order chi connectivity index (χ0) is 10.7. The third kappa shape index (κ3) is 2.43. The Morgan fingerprint density at radius 2 is 2.33 bits per heavy atom. The van der Waals surface area contributed by atoms with Crippen LogP contribution < -0.4 is 0 Å². The number of fused-ring (bicyclic) bond motifs is 1. The highest BCUT2D eigenvalue weighted by atomic mass is 32.2. The zero-order valence-corrected chi connectivity index (χ0v) is 10.1. The van der Waals surface area contributed by atoms with Crippen molar-refractivity contribution in [2.24, 2.45) is 5.92 Å². The number of imidazole rings is 1. The fraction of sp³-hybridized carbons (Fsp3) is 0.444. The number of thiol groups is 1. The molecule has 2 heterocycles. The Hall–Kier alpha value is -0.750. The van der Waals surface area contributed by atoms with Crippen molar-refractivity contribution in [3.05, 3.63) is 12.7 Å². The van der Waals surface area contributed by atoms with Crippen molar-refractivity contribution in [3.63, 3.8) is 0 Å². The summed E-state index contributed by atoms with van der Waals surface area (Å²) in [5.74, 6) is 2.48. The summed E-state index contributed by atoms with van der Waals surface area (Å²) in [4.78, 5) is 15.5. The van der Waals surface area contributed by atoms with Gasteiger partial charge in [-0.3, -0.25) is 0 Å². The quantitative estimate of drug-likeness (QED) is 0.487. The van der Waals surface area contributed by atoms with Crippen LogP contribution in [0.5, 0.6) is 0 Å². The lowest BCUT2D eigenvalue weighted by atomic mass is 10.3. The molecule has 0 saturated heterocycles. The summed E-state index contributed by atoms with van der Waals surface area (Å²) in [5.41, 5.74) is 1.65. The third-order valence-electron chi connectivity index (χ3n) is 2.00. The molecule has 0 aliphatic carbocycles. The molecule has 15 heavy (non-hydrogen) atoms. The van der Waals surface area contributed by atoms with E-state index in [2.05, 4.69) is 39.5 Å². The van der Waals surface area contributed by atoms with Crippen LogP contribution in [0.1, 0.15) is 6.92 Å². The van der Waals surface area contributed by atoms with Crippen LogP contribution in [0.25, 0.3) is 11.2 Å². The topological polar surface area (TPSA) is 54.5 Å². The van der Waals surface area contributed by atoms with Crippen LogP contribution in [0, 0.1) is 5.92 Å². The van der Waals surface area contributed by atoms with Gasteiger partial charge in [0, 0.05) is 5.75 Å². The van der Waals surface area contributed by atoms with E-state index in [0.717, 1.165) is 27.7 Å². The van der Waals surface area contributed by atoms with Gasteiger partial charge in [-0.1, -0.05) is 6.92 Å². The summed E-state index contributed by atoms with van der Waals surface area (Å²) in [6, 6.07) is 0. The molecule has 0 aromatic carbocycles. The van der Waals surface area contributed by atoms with Crippen molar-refractivity contribution in [3.8, 4) is 0 Å². The first-order valence-corrected chi connectivity index (χ1v) is 6.31. The van der Waals surface area contributed by atoms with Crippen LogP contribution in [0.15, 0.2) is 17.7 Å². The van der Waals surface area contributed by atoms with Gasteiger partial charge in [-0.05, 0) is 11.7 Å². The lowest BCUT2D eigenvalue weighted by molar-refractivity contribution is 0.766. The van der Waals surface area contributed by atoms with Crippen LogP contribution in [0.2, 0.25) is 0 Å². The van der Waals surface area contributed by atoms with Crippen LogP contribution in [-0.4, -0.2) is 31.4 Å². The van der Waals surface area contributed by atoms with Gasteiger partial charge < -0.3 is 4.98 Å². The number of nitrogens with one attached hydrogen (secondary N) is 1. The molecule has 4 nitrogen and oxygen atoms in total. The molecule has 0 amide bonds. The monoisotopic (exact) mass is 240 g/mol. The van der Waals surface area contributed by atoms with Gasteiger partial charge in [0.2, 0.25) is 0 Å². The van der Waals surface area contributed by atoms with Crippen molar-refractivity contribution < 1.29 is 0 Å². The minimum Gasteiger partial charge on any atom is -0.341 e. The lowest BCUT2D eigenvalue weighted by Crippen LogP contribution is -2.00. The van der Waals surface area contributed by atoms with E-state index in [4.69, 9.17) is 0 Å². The number of aromatic nitrogens is 4. The summed E-state index contributed by atoms with van der Waals surface area (Å²) in [7, 11) is 0. The minimum atomic E-state index is 0.575. The number of hydrogen-bond acceptors (Lipinski definition) is 5. The van der Waals surface area contributed by atoms with E-state index in [1.807, 2.05) is 0 Å². The molecule has 0 aliphatic rings. The molecule has 2 rings (SSSR count). The highest BCUT2D eigenvalue weighted by Crippen LogP contribution is 2.23. The van der Waals surface area contributed by atoms with Gasteiger partial charge in [0.1, 0.15) is 16.9 Å². The van der Waals surface area contributed by atoms with Gasteiger partial charge >= 0.3 is 0 Å². The Balaban J connectivity index is 2.17. The molecule has 1 unspecified atom stereocenters. The molecule has 80 valence electrons. The molecule has 1 atom stereocenters. The summed E-state index contributed by atoms with van der Waals surface area (Å²) in [5, 5.41) is 0.964. The number of aromatic amines is 1. The molecule has 6 heteroatoms. The van der Waals surface area contributed by atoms with E-state index in [9.17, 15) is 0 Å². The predicted octanol–water partition coefficient (Wildman–Crippen LogP) is 2.01. The van der Waals surface area contributed by atoms with Crippen LogP contribution in [0.3, 0.4) is 0 Å². The average Bonchev–Trinajstić information content (AvgIpc) is 2.74. The van der Waals surface area contributed by atoms with Crippen molar-refractivity contribution in [1.29, 1.82) is 0 Å². The molecular weight excluding hydrogens is 228 g/mol. The van der Waals surface area contributed by atoms with Crippen LogP contribution in [-0.2, 0) is 0 Å². The number of H-pyrrole nitrogens is 1. The first-order valence-electron chi connectivity index (χ1n) is 4.69. The standard InChI is InChI=1S/C9H12N4S2/c1-6(2-14)3-15-9-7-8(11-4-10-7)12-5-13-9/h4-6,14H,2-3H2,1H3,(H,10,11,12,13). The summed E-state index contributed by atoms with van der Waals surface area (Å²) in [6.07, 6.45) is 3.20. The molecule has 1 N–H and O–H groups in total. The van der Waals surface area contributed by atoms with E-state index in [-0.39, 0.29) is 0 Å². The number of rotatable bonds is 4. The van der Waals surface area contributed by atoms with Gasteiger partial charge in [0.15, 0.2) is 5.65 Å². The van der Waals surface area contributed by atoms with E-state index in [0.29, 0.717) is 5.92 Å². The molecular formula is C9H12N4S2. The number of thioether (sulfide) groups is 1. The second kappa shape index (κ2) is 4.85. The number of hydrogen-bond donors (Lipinski definition) is 2. The molecule has 0 radical (unpaired) electrons. The van der Waals surface area contributed by atoms with Crippen LogP contribution >= 0.6 is 24.4 Å². The third-order valence-corrected chi connectivity index (χ3v) is 3.95. The summed E-state index contributed by atoms with van der Waals surface area (Å²) in [6.45, 7) is 2.17. The first kappa shape index (κ1) is 10.8. The van der Waals surface area contributed by atoms with Gasteiger partial charge in [-0.2, -0.15) is 12.6 Å². The molecule has 0 fully saturated rings. The lowest BCUT2D eigenvalue weighted by Gasteiger charge is -2.06. The second-order valence-corrected chi connectivity index (χ2v) is 4.75. The van der Waals surface area contributed by atoms with Gasteiger partial charge in [0.05, 0.1) is 6.33 Å². The zero-order valence-electron chi connectivity index (χ0n) is 8.34. The Labute approximate surface area is 97.7 Å². The molecule has 0 saturated carbocycles. The predicted molar refractivity (Wildman–Crippen MR) is 65.4 cm³/mol. The van der Waals surface area contributed by atoms with E-state index >= 15 is 0 Å². The van der Waals surface area contributed by atoms with Crippen molar-refractivity contribution in [1.82, 2.24) is 19.9 Å². The Morgan fingerprint density at radius 3 is 3.13 bits per heavy atom. The van der Waals surface area contributed by atoms with Gasteiger partial charge in [-0.25, -0.2) is 15.0 Å². The maximum Gasteiger partial charge on any atom is 0.181 e. The van der Waals surface area contributed by atoms with Gasteiger partial charge in [-0.15, -0.1) is 11.8 Å². The average molecular weight is 240 g/mol. The second-order valence-electron chi connectivity index (χ2n) is 3.38. The van der Waals surface area contributed by atoms with E-state index < -0.39 is 0 Å². The Morgan fingerprint density at radius 1 is 1.47 bits per heavy atom. The fourth-order valence-electron chi connectivity index (χ4n) is 1.13. The molecule has 0 aliphatic heterocycles. The van der Waals surface area contributed by atoms with Crippen LogP contribution in [0.4, 0.5) is 0 Å². The maximum atomic E-state index is 4.26. The van der Waals surface area contributed by atoms with E-state index in [1.165, 1.54) is 0 Å². The summed E-state index contributed by atoms with van der Waals surface area (Å²) >= 11 is 5.97. The highest BCUT2D eigenvalue weighted by Gasteiger charge is 2.07. The Kier molecular flexibility index (Phi) is 3.48. The van der Waals surface area contributed by atoms with E-state index in [1.54, 1.807) is 24.4 Å². The normalized spacial score (nSPS) is 13.2. The molecule has 0 spiro atoms. The Bertz CT molecular complexity index is 442. The van der Waals surface area contributed by atoms with Crippen molar-refractivity contribution in [2.75, 3.05) is 11.5 Å². The fourth-order valence-corrected chi connectivity index (χ4v) is 2.41. The minimum absolute atomic E-state index is 0.575. The maximum absolute atomic E-state index is 4.26. The van der Waals surface area contributed by atoms with Gasteiger partial charge in [0.25, 0.3) is 0 Å². The summed E-state index contributed by atoms with van der Waals surface area (Å²) < 4.78 is 0. The smallest absolute Gasteiger partial charge is 0.181 e. The first-order chi connectivity index (χ1) is 7.31. The SMILES string of the molecule is CC(CS)CSc1ncnc2nc[nH]c12. The van der Waals surface area contributed by atoms with Crippen molar-refractivity contribution >= 4 is 35.6 Å². The number of nitrogens with zero attached hydrogens (tertiary/aromatic N) is 3. The molecule has 2 aromatic rings. The van der Waals surface area contributed by atoms with Crippen molar-refractivity contribution in [2.45, 2.75) is 11.9 Å². The largest absolute Gasteiger partial charge is 0.341 e.